The van der Waals surface area contributed by atoms with Crippen molar-refractivity contribution in [3.63, 3.8) is 0 Å². The maximum absolute atomic E-state index is 8.40. The Labute approximate surface area is 109 Å². The fourth-order valence-corrected chi connectivity index (χ4v) is 2.70. The lowest BCUT2D eigenvalue weighted by Gasteiger charge is -2.03. The van der Waals surface area contributed by atoms with E-state index in [-0.39, 0.29) is 0 Å². The van der Waals surface area contributed by atoms with Gasteiger partial charge in [0.2, 0.25) is 0 Å². The van der Waals surface area contributed by atoms with Gasteiger partial charge >= 0.3 is 0 Å². The molecule has 5 heteroatoms. The predicted octanol–water partition coefficient (Wildman–Crippen LogP) is 3.47. The van der Waals surface area contributed by atoms with Crippen LogP contribution in [-0.4, -0.2) is 16.4 Å². The molecule has 0 aromatic heterocycles. The van der Waals surface area contributed by atoms with Crippen LogP contribution in [0.1, 0.15) is 5.56 Å². The fourth-order valence-electron chi connectivity index (χ4n) is 0.997. The van der Waals surface area contributed by atoms with Crippen molar-refractivity contribution >= 4 is 39.3 Å². The lowest BCUT2D eigenvalue weighted by Crippen LogP contribution is -1.87. The summed E-state index contributed by atoms with van der Waals surface area (Å²) in [7, 11) is 1.65. The van der Waals surface area contributed by atoms with Gasteiger partial charge in [-0.1, -0.05) is 36.1 Å². The lowest BCUT2D eigenvalue weighted by molar-refractivity contribution is 0.414. The van der Waals surface area contributed by atoms with E-state index < -0.39 is 0 Å². The van der Waals surface area contributed by atoms with Crippen LogP contribution in [0.15, 0.2) is 24.3 Å². The van der Waals surface area contributed by atoms with Crippen LogP contribution in [0.3, 0.4) is 0 Å². The van der Waals surface area contributed by atoms with Crippen molar-refractivity contribution in [2.24, 2.45) is 0 Å². The highest BCUT2D eigenvalue weighted by molar-refractivity contribution is 8.47. The topological polar surface area (TPSA) is 33.0 Å². The number of benzene rings is 1. The highest BCUT2D eigenvalue weighted by Crippen LogP contribution is 2.22. The van der Waals surface area contributed by atoms with Gasteiger partial charge in [0.25, 0.3) is 0 Å². The van der Waals surface area contributed by atoms with E-state index in [1.807, 2.05) is 24.3 Å². The molecule has 0 atom stereocenters. The summed E-state index contributed by atoms with van der Waals surface area (Å²) in [4.78, 5) is 0. The quantitative estimate of drug-likeness (QED) is 0.782. The molecule has 0 saturated carbocycles. The van der Waals surface area contributed by atoms with Crippen LogP contribution in [0.5, 0.6) is 5.75 Å². The summed E-state index contributed by atoms with van der Waals surface area (Å²) in [5, 5.41) is 8.40. The molecular weight excluding hydrogens is 258 g/mol. The van der Waals surface area contributed by atoms with E-state index in [4.69, 9.17) is 22.2 Å². The van der Waals surface area contributed by atoms with E-state index in [9.17, 15) is 0 Å². The van der Waals surface area contributed by atoms with Gasteiger partial charge in [0.05, 0.1) is 18.9 Å². The molecule has 16 heavy (non-hydrogen) atoms. The van der Waals surface area contributed by atoms with Gasteiger partial charge in [-0.15, -0.1) is 11.8 Å². The number of nitriles is 1. The monoisotopic (exact) mass is 269 g/mol. The minimum absolute atomic E-state index is 0.425. The van der Waals surface area contributed by atoms with Crippen molar-refractivity contribution in [3.8, 4) is 11.8 Å². The first-order chi connectivity index (χ1) is 7.76. The van der Waals surface area contributed by atoms with E-state index >= 15 is 0 Å². The minimum atomic E-state index is 0.425. The molecule has 0 fully saturated rings. The van der Waals surface area contributed by atoms with Crippen molar-refractivity contribution in [1.82, 2.24) is 0 Å². The summed E-state index contributed by atoms with van der Waals surface area (Å²) in [5.74, 6) is 2.12. The Bertz CT molecular complexity index is 383. The summed E-state index contributed by atoms with van der Waals surface area (Å²) in [5.41, 5.74) is 1.20. The third kappa shape index (κ3) is 4.88. The molecule has 2 nitrogen and oxygen atoms in total. The first-order valence-corrected chi connectivity index (χ1v) is 6.93. The number of rotatable bonds is 4. The van der Waals surface area contributed by atoms with Gasteiger partial charge in [-0.2, -0.15) is 5.26 Å². The first-order valence-electron chi connectivity index (χ1n) is 4.55. The number of hydrogen-bond donors (Lipinski definition) is 0. The van der Waals surface area contributed by atoms with E-state index in [0.717, 1.165) is 15.0 Å². The molecule has 84 valence electrons. The summed E-state index contributed by atoms with van der Waals surface area (Å²) in [6, 6.07) is 9.96. The average molecular weight is 269 g/mol. The van der Waals surface area contributed by atoms with Gasteiger partial charge in [0, 0.05) is 5.75 Å². The molecule has 0 unspecified atom stereocenters. The van der Waals surface area contributed by atoms with Gasteiger partial charge in [0.1, 0.15) is 9.28 Å². The van der Waals surface area contributed by atoms with Crippen LogP contribution < -0.4 is 4.74 Å². The van der Waals surface area contributed by atoms with Crippen molar-refractivity contribution in [3.05, 3.63) is 29.8 Å². The highest BCUT2D eigenvalue weighted by atomic mass is 32.2. The fraction of sp³-hybridized carbons (Fsp3) is 0.273. The molecule has 0 amide bonds. The van der Waals surface area contributed by atoms with E-state index in [0.29, 0.717) is 5.75 Å². The molecule has 0 aliphatic carbocycles. The third-order valence-corrected chi connectivity index (χ3v) is 4.41. The van der Waals surface area contributed by atoms with Crippen LogP contribution in [0, 0.1) is 11.3 Å². The number of thioether (sulfide) groups is 2. The zero-order valence-electron chi connectivity index (χ0n) is 8.80. The summed E-state index contributed by atoms with van der Waals surface area (Å²) in [6.07, 6.45) is 0. The molecule has 1 aromatic carbocycles. The van der Waals surface area contributed by atoms with Crippen molar-refractivity contribution in [2.75, 3.05) is 12.9 Å². The van der Waals surface area contributed by atoms with E-state index in [2.05, 4.69) is 6.07 Å². The first kappa shape index (κ1) is 13.4. The van der Waals surface area contributed by atoms with Crippen LogP contribution in [-0.2, 0) is 5.75 Å². The Balaban J connectivity index is 2.37. The normalized spacial score (nSPS) is 9.50. The predicted molar refractivity (Wildman–Crippen MR) is 75.0 cm³/mol. The zero-order chi connectivity index (χ0) is 11.8. The lowest BCUT2D eigenvalue weighted by atomic mass is 10.2. The Morgan fingerprint density at radius 1 is 1.38 bits per heavy atom. The van der Waals surface area contributed by atoms with E-state index in [1.165, 1.54) is 17.3 Å². The molecule has 0 aliphatic rings. The summed E-state index contributed by atoms with van der Waals surface area (Å²) < 4.78 is 5.89. The Morgan fingerprint density at radius 3 is 2.62 bits per heavy atom. The SMILES string of the molecule is COc1ccc(CSC(=S)SCC#N)cc1. The Kier molecular flexibility index (Phi) is 6.31. The summed E-state index contributed by atoms with van der Waals surface area (Å²) in [6.45, 7) is 0. The number of hydrogen-bond acceptors (Lipinski definition) is 5. The van der Waals surface area contributed by atoms with Crippen molar-refractivity contribution in [1.29, 1.82) is 5.26 Å². The Morgan fingerprint density at radius 2 is 2.06 bits per heavy atom. The van der Waals surface area contributed by atoms with Gasteiger partial charge in [0.15, 0.2) is 0 Å². The number of nitrogens with zero attached hydrogens (tertiary/aromatic N) is 1. The van der Waals surface area contributed by atoms with Gasteiger partial charge < -0.3 is 4.74 Å². The van der Waals surface area contributed by atoms with Crippen molar-refractivity contribution in [2.45, 2.75) is 5.75 Å². The Hall–Kier alpha value is -0.700. The maximum atomic E-state index is 8.40. The average Bonchev–Trinajstić information content (AvgIpc) is 2.34. The number of methoxy groups -OCH3 is 1. The van der Waals surface area contributed by atoms with Gasteiger partial charge in [-0.05, 0) is 17.7 Å². The standard InChI is InChI=1S/C11H11NOS3/c1-13-10-4-2-9(3-5-10)8-16-11(14)15-7-6-12/h2-5H,7-8H2,1H3. The summed E-state index contributed by atoms with van der Waals surface area (Å²) >= 11 is 8.11. The molecule has 1 rings (SSSR count). The highest BCUT2D eigenvalue weighted by Gasteiger charge is 2.00. The molecular formula is C11H11NOS3. The van der Waals surface area contributed by atoms with Crippen LogP contribution in [0.2, 0.25) is 0 Å². The molecule has 0 radical (unpaired) electrons. The molecule has 1 aromatic rings. The number of thiocarbonyl (C=S) groups is 1. The molecule has 0 aliphatic heterocycles. The molecule has 0 N–H and O–H groups in total. The maximum Gasteiger partial charge on any atom is 0.118 e. The smallest absolute Gasteiger partial charge is 0.118 e. The molecule has 0 bridgehead atoms. The second-order valence-corrected chi connectivity index (χ2v) is 5.99. The van der Waals surface area contributed by atoms with Crippen LogP contribution >= 0.6 is 35.7 Å². The third-order valence-electron chi connectivity index (χ3n) is 1.77. The van der Waals surface area contributed by atoms with Gasteiger partial charge in [-0.3, -0.25) is 0 Å². The van der Waals surface area contributed by atoms with Crippen molar-refractivity contribution < 1.29 is 4.74 Å². The second-order valence-electron chi connectivity index (χ2n) is 2.83. The molecule has 0 spiro atoms. The van der Waals surface area contributed by atoms with Gasteiger partial charge in [-0.25, -0.2) is 0 Å². The number of ether oxygens (including phenoxy) is 1. The molecule has 0 heterocycles. The zero-order valence-corrected chi connectivity index (χ0v) is 11.3. The second kappa shape index (κ2) is 7.55. The van der Waals surface area contributed by atoms with Crippen LogP contribution in [0.25, 0.3) is 0 Å². The largest absolute Gasteiger partial charge is 0.497 e. The molecule has 0 saturated heterocycles. The van der Waals surface area contributed by atoms with Crippen LogP contribution in [0.4, 0.5) is 0 Å². The minimum Gasteiger partial charge on any atom is -0.497 e. The van der Waals surface area contributed by atoms with E-state index in [1.54, 1.807) is 18.9 Å².